The SMILES string of the molecule is CCCCCCCCCCCCCCCC[N+](C)(C)CCOC1OC(CO)C(O)C(O)C1O. The molecule has 0 radical (unpaired) electrons. The highest BCUT2D eigenvalue weighted by atomic mass is 16.7. The summed E-state index contributed by atoms with van der Waals surface area (Å²) in [7, 11) is 4.33. The molecule has 1 heterocycles. The van der Waals surface area contributed by atoms with Gasteiger partial charge >= 0.3 is 0 Å². The van der Waals surface area contributed by atoms with Gasteiger partial charge in [0.1, 0.15) is 31.0 Å². The van der Waals surface area contributed by atoms with E-state index in [1.807, 2.05) is 0 Å². The molecule has 5 unspecified atom stereocenters. The van der Waals surface area contributed by atoms with Gasteiger partial charge in [-0.25, -0.2) is 0 Å². The highest BCUT2D eigenvalue weighted by Crippen LogP contribution is 2.22. The minimum absolute atomic E-state index is 0.369. The number of aliphatic hydroxyl groups is 4. The summed E-state index contributed by atoms with van der Waals surface area (Å²) in [6, 6.07) is 0. The monoisotopic (exact) mass is 476 g/mol. The van der Waals surface area contributed by atoms with Crippen LogP contribution in [0.15, 0.2) is 0 Å². The molecule has 7 nitrogen and oxygen atoms in total. The fraction of sp³-hybridized carbons (Fsp3) is 1.00. The van der Waals surface area contributed by atoms with Crippen LogP contribution in [-0.2, 0) is 9.47 Å². The molecule has 7 heteroatoms. The van der Waals surface area contributed by atoms with Crippen molar-refractivity contribution in [3.63, 3.8) is 0 Å². The van der Waals surface area contributed by atoms with Crippen molar-refractivity contribution in [1.29, 1.82) is 0 Å². The van der Waals surface area contributed by atoms with Gasteiger partial charge in [-0.3, -0.25) is 0 Å². The first-order valence-corrected chi connectivity index (χ1v) is 13.6. The normalized spacial score (nSPS) is 26.1. The average Bonchev–Trinajstić information content (AvgIpc) is 2.79. The summed E-state index contributed by atoms with van der Waals surface area (Å²) >= 11 is 0. The fourth-order valence-electron chi connectivity index (χ4n) is 4.47. The molecule has 0 aromatic rings. The maximum absolute atomic E-state index is 10.0. The van der Waals surface area contributed by atoms with E-state index in [1.165, 1.54) is 89.9 Å². The molecule has 0 saturated carbocycles. The van der Waals surface area contributed by atoms with Crippen LogP contribution in [0.1, 0.15) is 96.8 Å². The zero-order valence-electron chi connectivity index (χ0n) is 21.7. The number of quaternary nitrogens is 1. The predicted octanol–water partition coefficient (Wildman–Crippen LogP) is 3.36. The molecule has 1 aliphatic rings. The highest BCUT2D eigenvalue weighted by molar-refractivity contribution is 4.88. The molecule has 0 spiro atoms. The van der Waals surface area contributed by atoms with Gasteiger partial charge in [0.2, 0.25) is 0 Å². The number of likely N-dealkylation sites (N-methyl/N-ethyl adjacent to an activating group) is 1. The van der Waals surface area contributed by atoms with Crippen LogP contribution in [0.2, 0.25) is 0 Å². The van der Waals surface area contributed by atoms with E-state index in [0.29, 0.717) is 6.61 Å². The van der Waals surface area contributed by atoms with Gasteiger partial charge in [0.05, 0.1) is 33.9 Å². The van der Waals surface area contributed by atoms with Crippen LogP contribution in [-0.4, -0.2) is 96.0 Å². The molecule has 4 N–H and O–H groups in total. The van der Waals surface area contributed by atoms with Crippen LogP contribution in [0.3, 0.4) is 0 Å². The molecule has 33 heavy (non-hydrogen) atoms. The second-order valence-corrected chi connectivity index (χ2v) is 10.5. The topological polar surface area (TPSA) is 99.4 Å². The number of hydrogen-bond acceptors (Lipinski definition) is 6. The van der Waals surface area contributed by atoms with E-state index in [2.05, 4.69) is 21.0 Å². The van der Waals surface area contributed by atoms with Crippen molar-refractivity contribution in [2.24, 2.45) is 0 Å². The predicted molar refractivity (Wildman–Crippen MR) is 132 cm³/mol. The first-order chi connectivity index (χ1) is 15.8. The molecule has 1 saturated heterocycles. The van der Waals surface area contributed by atoms with E-state index in [1.54, 1.807) is 0 Å². The van der Waals surface area contributed by atoms with Crippen molar-refractivity contribution >= 4 is 0 Å². The van der Waals surface area contributed by atoms with E-state index >= 15 is 0 Å². The Hall–Kier alpha value is -0.280. The number of rotatable bonds is 20. The summed E-state index contributed by atoms with van der Waals surface area (Å²) in [5.74, 6) is 0. The molecule has 0 aromatic heterocycles. The summed E-state index contributed by atoms with van der Waals surface area (Å²) in [6.45, 7) is 4.02. The van der Waals surface area contributed by atoms with Crippen molar-refractivity contribution in [3.05, 3.63) is 0 Å². The van der Waals surface area contributed by atoms with Crippen molar-refractivity contribution in [1.82, 2.24) is 0 Å². The maximum Gasteiger partial charge on any atom is 0.186 e. The molecule has 0 amide bonds. The first-order valence-electron chi connectivity index (χ1n) is 13.6. The van der Waals surface area contributed by atoms with Gasteiger partial charge in [-0.1, -0.05) is 84.0 Å². The molecular weight excluding hydrogens is 422 g/mol. The van der Waals surface area contributed by atoms with Gasteiger partial charge in [-0.05, 0) is 12.8 Å². The van der Waals surface area contributed by atoms with Crippen LogP contribution in [0.25, 0.3) is 0 Å². The Morgan fingerprint density at radius 1 is 0.667 bits per heavy atom. The minimum atomic E-state index is -1.39. The second kappa shape index (κ2) is 18.1. The molecule has 0 aromatic carbocycles. The van der Waals surface area contributed by atoms with Crippen molar-refractivity contribution in [2.75, 3.05) is 40.4 Å². The third-order valence-electron chi connectivity index (χ3n) is 6.94. The Bertz CT molecular complexity index is 462. The number of unbranched alkanes of at least 4 members (excludes halogenated alkanes) is 13. The lowest BCUT2D eigenvalue weighted by Crippen LogP contribution is -2.59. The summed E-state index contributed by atoms with van der Waals surface area (Å²) in [5.41, 5.74) is 0. The van der Waals surface area contributed by atoms with Crippen molar-refractivity contribution < 1.29 is 34.4 Å². The Labute approximate surface area is 202 Å². The van der Waals surface area contributed by atoms with E-state index in [4.69, 9.17) is 9.47 Å². The summed E-state index contributed by atoms with van der Waals surface area (Å²) in [5, 5.41) is 39.0. The minimum Gasteiger partial charge on any atom is -0.394 e. The maximum atomic E-state index is 10.0. The Kier molecular flexibility index (Phi) is 16.8. The molecule has 198 valence electrons. The molecule has 0 aliphatic carbocycles. The van der Waals surface area contributed by atoms with Crippen molar-refractivity contribution in [3.8, 4) is 0 Å². The largest absolute Gasteiger partial charge is 0.394 e. The average molecular weight is 477 g/mol. The Balaban J connectivity index is 2.01. The van der Waals surface area contributed by atoms with Gasteiger partial charge in [-0.15, -0.1) is 0 Å². The number of ether oxygens (including phenoxy) is 2. The lowest BCUT2D eigenvalue weighted by atomic mass is 9.99. The third kappa shape index (κ3) is 13.4. The van der Waals surface area contributed by atoms with E-state index in [-0.39, 0.29) is 0 Å². The summed E-state index contributed by atoms with van der Waals surface area (Å²) in [6.07, 6.45) is 13.0. The van der Waals surface area contributed by atoms with Gasteiger partial charge in [0, 0.05) is 0 Å². The molecule has 0 bridgehead atoms. The molecule has 5 atom stereocenters. The third-order valence-corrected chi connectivity index (χ3v) is 6.94. The molecule has 1 fully saturated rings. The Morgan fingerprint density at radius 2 is 1.15 bits per heavy atom. The molecule has 1 rings (SSSR count). The number of hydrogen-bond donors (Lipinski definition) is 4. The van der Waals surface area contributed by atoms with E-state index in [9.17, 15) is 20.4 Å². The van der Waals surface area contributed by atoms with Crippen LogP contribution in [0, 0.1) is 0 Å². The zero-order valence-corrected chi connectivity index (χ0v) is 21.7. The van der Waals surface area contributed by atoms with Gasteiger partial charge in [0.15, 0.2) is 6.29 Å². The van der Waals surface area contributed by atoms with Crippen LogP contribution >= 0.6 is 0 Å². The van der Waals surface area contributed by atoms with Gasteiger partial charge in [0.25, 0.3) is 0 Å². The van der Waals surface area contributed by atoms with E-state index < -0.39 is 37.3 Å². The second-order valence-electron chi connectivity index (χ2n) is 10.5. The first kappa shape index (κ1) is 30.8. The molecule has 1 aliphatic heterocycles. The van der Waals surface area contributed by atoms with E-state index in [0.717, 1.165) is 17.6 Å². The lowest BCUT2D eigenvalue weighted by Gasteiger charge is -2.40. The standard InChI is InChI=1S/C26H54NO6/c1-4-5-6-7-8-9-10-11-12-13-14-15-16-17-18-27(2,3)19-20-32-26-25(31)24(30)23(29)22(21-28)33-26/h22-26,28-31H,4-21H2,1-3H3/q+1. The van der Waals surface area contributed by atoms with Crippen molar-refractivity contribution in [2.45, 2.75) is 128 Å². The zero-order chi connectivity index (χ0) is 24.5. The lowest BCUT2D eigenvalue weighted by molar-refractivity contribution is -0.891. The quantitative estimate of drug-likeness (QED) is 0.159. The highest BCUT2D eigenvalue weighted by Gasteiger charge is 2.44. The van der Waals surface area contributed by atoms with Crippen LogP contribution in [0.5, 0.6) is 0 Å². The number of aliphatic hydroxyl groups excluding tert-OH is 4. The van der Waals surface area contributed by atoms with Gasteiger partial charge in [-0.2, -0.15) is 0 Å². The summed E-state index contributed by atoms with van der Waals surface area (Å²) < 4.78 is 11.8. The van der Waals surface area contributed by atoms with Crippen LogP contribution < -0.4 is 0 Å². The number of nitrogens with zero attached hydrogens (tertiary/aromatic N) is 1. The summed E-state index contributed by atoms with van der Waals surface area (Å²) in [4.78, 5) is 0. The smallest absolute Gasteiger partial charge is 0.186 e. The van der Waals surface area contributed by atoms with Crippen LogP contribution in [0.4, 0.5) is 0 Å². The van der Waals surface area contributed by atoms with Gasteiger partial charge < -0.3 is 34.4 Å². The molecular formula is C26H54NO6+. The fourth-order valence-corrected chi connectivity index (χ4v) is 4.47. The Morgan fingerprint density at radius 3 is 1.64 bits per heavy atom.